The van der Waals surface area contributed by atoms with E-state index in [0.717, 1.165) is 15.1 Å². The molecule has 0 fully saturated rings. The standard InChI is InChI=1S/C20H19OPS2/c1-16-8-12-19(13-9-16)23-22(21,18-6-4-3-5-7-18)24-20-14-10-17(2)11-15-20/h3-15H,1-2H3. The second kappa shape index (κ2) is 7.65. The maximum atomic E-state index is 13.8. The quantitative estimate of drug-likeness (QED) is 0.465. The molecule has 0 N–H and O–H groups in total. The molecule has 1 nitrogen and oxygen atoms in total. The topological polar surface area (TPSA) is 17.1 Å². The fourth-order valence-corrected chi connectivity index (χ4v) is 9.82. The van der Waals surface area contributed by atoms with Gasteiger partial charge in [-0.05, 0) is 73.0 Å². The van der Waals surface area contributed by atoms with Gasteiger partial charge >= 0.3 is 0 Å². The van der Waals surface area contributed by atoms with E-state index in [0.29, 0.717) is 0 Å². The van der Waals surface area contributed by atoms with Crippen LogP contribution in [0.3, 0.4) is 0 Å². The lowest BCUT2D eigenvalue weighted by atomic mass is 10.2. The summed E-state index contributed by atoms with van der Waals surface area (Å²) < 4.78 is 13.8. The van der Waals surface area contributed by atoms with Crippen molar-refractivity contribution in [2.45, 2.75) is 23.6 Å². The zero-order chi connectivity index (χ0) is 17.0. The summed E-state index contributed by atoms with van der Waals surface area (Å²) in [5.41, 5.74) is -0.296. The first-order chi connectivity index (χ1) is 11.5. The molecule has 0 aliphatic heterocycles. The minimum Gasteiger partial charge on any atom is -0.295 e. The molecule has 3 aromatic carbocycles. The van der Waals surface area contributed by atoms with Crippen LogP contribution in [0.5, 0.6) is 0 Å². The van der Waals surface area contributed by atoms with E-state index in [1.54, 1.807) is 0 Å². The van der Waals surface area contributed by atoms with Crippen molar-refractivity contribution in [1.29, 1.82) is 0 Å². The van der Waals surface area contributed by atoms with Crippen molar-refractivity contribution < 1.29 is 4.57 Å². The molecule has 3 rings (SSSR count). The lowest BCUT2D eigenvalue weighted by molar-refractivity contribution is 0.598. The van der Waals surface area contributed by atoms with E-state index >= 15 is 0 Å². The lowest BCUT2D eigenvalue weighted by Crippen LogP contribution is -1.98. The van der Waals surface area contributed by atoms with E-state index in [-0.39, 0.29) is 0 Å². The molecular weight excluding hydrogens is 351 g/mol. The zero-order valence-electron chi connectivity index (χ0n) is 13.7. The molecule has 0 unspecified atom stereocenters. The summed E-state index contributed by atoms with van der Waals surface area (Å²) in [4.78, 5) is 2.07. The third-order valence-corrected chi connectivity index (χ3v) is 11.3. The average molecular weight is 370 g/mol. The fraction of sp³-hybridized carbons (Fsp3) is 0.100. The molecule has 0 amide bonds. The van der Waals surface area contributed by atoms with Gasteiger partial charge in [0.2, 0.25) is 5.55 Å². The number of rotatable bonds is 5. The third-order valence-electron chi connectivity index (χ3n) is 3.57. The maximum Gasteiger partial charge on any atom is 0.228 e. The van der Waals surface area contributed by atoms with Gasteiger partial charge in [0.25, 0.3) is 0 Å². The Morgan fingerprint density at radius 1 is 0.625 bits per heavy atom. The SMILES string of the molecule is Cc1ccc(SP(=O)(Sc2ccc(C)cc2)c2ccccc2)cc1. The van der Waals surface area contributed by atoms with E-state index in [1.807, 2.05) is 54.6 Å². The maximum absolute atomic E-state index is 13.8. The third kappa shape index (κ3) is 4.36. The lowest BCUT2D eigenvalue weighted by Gasteiger charge is -2.17. The molecule has 0 atom stereocenters. The molecule has 0 saturated heterocycles. The molecule has 0 heterocycles. The van der Waals surface area contributed by atoms with Crippen molar-refractivity contribution in [2.75, 3.05) is 0 Å². The van der Waals surface area contributed by atoms with E-state index in [2.05, 4.69) is 38.1 Å². The molecule has 0 aliphatic rings. The minimum absolute atomic E-state index is 0.890. The Hall–Kier alpha value is -1.41. The summed E-state index contributed by atoms with van der Waals surface area (Å²) in [6.45, 7) is 4.12. The number of hydrogen-bond acceptors (Lipinski definition) is 3. The number of hydrogen-bond donors (Lipinski definition) is 0. The van der Waals surface area contributed by atoms with Gasteiger partial charge in [-0.2, -0.15) is 0 Å². The van der Waals surface area contributed by atoms with Crippen LogP contribution in [-0.2, 0) is 4.57 Å². The van der Waals surface area contributed by atoms with Gasteiger partial charge in [0.15, 0.2) is 0 Å². The molecule has 3 aromatic rings. The molecule has 0 radical (unpaired) electrons. The first kappa shape index (κ1) is 17.4. The van der Waals surface area contributed by atoms with Gasteiger partial charge in [-0.3, -0.25) is 4.57 Å². The van der Waals surface area contributed by atoms with Gasteiger partial charge in [-0.25, -0.2) is 0 Å². The second-order valence-electron chi connectivity index (χ2n) is 5.64. The Bertz CT molecular complexity index is 792. The minimum atomic E-state index is -2.71. The van der Waals surface area contributed by atoms with Gasteiger partial charge < -0.3 is 0 Å². The summed E-state index contributed by atoms with van der Waals surface area (Å²) in [6.07, 6.45) is 0. The highest BCUT2D eigenvalue weighted by Crippen LogP contribution is 2.72. The van der Waals surface area contributed by atoms with Crippen molar-refractivity contribution in [1.82, 2.24) is 0 Å². The summed E-state index contributed by atoms with van der Waals surface area (Å²) in [5.74, 6) is 0. The van der Waals surface area contributed by atoms with E-state index < -0.39 is 5.55 Å². The molecule has 0 spiro atoms. The Labute approximate surface area is 151 Å². The molecule has 122 valence electrons. The Morgan fingerprint density at radius 3 is 1.46 bits per heavy atom. The van der Waals surface area contributed by atoms with E-state index in [4.69, 9.17) is 0 Å². The number of aryl methyl sites for hydroxylation is 2. The van der Waals surface area contributed by atoms with E-state index in [9.17, 15) is 4.57 Å². The van der Waals surface area contributed by atoms with Crippen LogP contribution in [0.4, 0.5) is 0 Å². The predicted octanol–water partition coefficient (Wildman–Crippen LogP) is 6.71. The summed E-state index contributed by atoms with van der Waals surface area (Å²) in [7, 11) is 0. The van der Waals surface area contributed by atoms with Crippen LogP contribution in [0.1, 0.15) is 11.1 Å². The smallest absolute Gasteiger partial charge is 0.228 e. The van der Waals surface area contributed by atoms with Gasteiger partial charge in [0.1, 0.15) is 0 Å². The van der Waals surface area contributed by atoms with Crippen LogP contribution in [0.2, 0.25) is 0 Å². The van der Waals surface area contributed by atoms with Gasteiger partial charge in [0, 0.05) is 15.1 Å². The van der Waals surface area contributed by atoms with Crippen LogP contribution in [0.25, 0.3) is 0 Å². The van der Waals surface area contributed by atoms with Crippen LogP contribution < -0.4 is 5.30 Å². The molecular formula is C20H19OPS2. The summed E-state index contributed by atoms with van der Waals surface area (Å²) in [6, 6.07) is 26.2. The van der Waals surface area contributed by atoms with Crippen LogP contribution >= 0.6 is 28.3 Å². The largest absolute Gasteiger partial charge is 0.295 e. The molecule has 0 aromatic heterocycles. The van der Waals surface area contributed by atoms with Crippen molar-refractivity contribution in [3.8, 4) is 0 Å². The van der Waals surface area contributed by atoms with Gasteiger partial charge in [-0.15, -0.1) is 0 Å². The first-order valence-corrected chi connectivity index (χ1v) is 12.3. The highest BCUT2D eigenvalue weighted by molar-refractivity contribution is 8.92. The zero-order valence-corrected chi connectivity index (χ0v) is 16.2. The molecule has 0 bridgehead atoms. The highest BCUT2D eigenvalue weighted by atomic mass is 33.1. The van der Waals surface area contributed by atoms with E-state index in [1.165, 1.54) is 33.9 Å². The molecule has 4 heteroatoms. The highest BCUT2D eigenvalue weighted by Gasteiger charge is 2.28. The molecule has 0 saturated carbocycles. The molecule has 0 aliphatic carbocycles. The van der Waals surface area contributed by atoms with Gasteiger partial charge in [-0.1, -0.05) is 53.6 Å². The van der Waals surface area contributed by atoms with Crippen LogP contribution in [-0.4, -0.2) is 0 Å². The number of benzene rings is 3. The van der Waals surface area contributed by atoms with Crippen LogP contribution in [0.15, 0.2) is 88.7 Å². The van der Waals surface area contributed by atoms with Gasteiger partial charge in [0.05, 0.1) is 0 Å². The van der Waals surface area contributed by atoms with Crippen molar-refractivity contribution in [3.63, 3.8) is 0 Å². The average Bonchev–Trinajstić information content (AvgIpc) is 2.60. The summed E-state index contributed by atoms with van der Waals surface area (Å²) >= 11 is 2.94. The second-order valence-corrected chi connectivity index (χ2v) is 13.3. The predicted molar refractivity (Wildman–Crippen MR) is 108 cm³/mol. The fourth-order valence-electron chi connectivity index (χ4n) is 2.21. The Kier molecular flexibility index (Phi) is 5.55. The Balaban J connectivity index is 1.95. The summed E-state index contributed by atoms with van der Waals surface area (Å²) in [5, 5.41) is 0.890. The van der Waals surface area contributed by atoms with Crippen molar-refractivity contribution in [2.24, 2.45) is 0 Å². The van der Waals surface area contributed by atoms with Crippen molar-refractivity contribution >= 4 is 33.6 Å². The first-order valence-electron chi connectivity index (χ1n) is 7.73. The van der Waals surface area contributed by atoms with Crippen molar-refractivity contribution in [3.05, 3.63) is 90.0 Å². The monoisotopic (exact) mass is 370 g/mol. The normalized spacial score (nSPS) is 11.4. The Morgan fingerprint density at radius 2 is 1.04 bits per heavy atom. The van der Waals surface area contributed by atoms with Crippen LogP contribution in [0, 0.1) is 13.8 Å². The molecule has 24 heavy (non-hydrogen) atoms.